The van der Waals surface area contributed by atoms with Crippen LogP contribution in [0, 0.1) is 5.41 Å². The second-order valence-corrected chi connectivity index (χ2v) is 6.45. The van der Waals surface area contributed by atoms with Gasteiger partial charge in [-0.2, -0.15) is 0 Å². The van der Waals surface area contributed by atoms with Gasteiger partial charge in [0.2, 0.25) is 5.91 Å². The van der Waals surface area contributed by atoms with Gasteiger partial charge in [0, 0.05) is 18.3 Å². The van der Waals surface area contributed by atoms with Gasteiger partial charge in [0.05, 0.1) is 5.41 Å². The molecule has 2 aromatic rings. The highest BCUT2D eigenvalue weighted by Gasteiger charge is 2.50. The number of amides is 2. The normalized spacial score (nSPS) is 22.0. The van der Waals surface area contributed by atoms with E-state index in [0.717, 1.165) is 17.5 Å². The zero-order valence-electron chi connectivity index (χ0n) is 13.0. The van der Waals surface area contributed by atoms with Crippen LogP contribution in [0.4, 0.5) is 5.82 Å². The van der Waals surface area contributed by atoms with Crippen molar-refractivity contribution in [2.45, 2.75) is 19.3 Å². The van der Waals surface area contributed by atoms with Gasteiger partial charge in [-0.15, -0.1) is 0 Å². The molecule has 0 saturated carbocycles. The van der Waals surface area contributed by atoms with Crippen LogP contribution in [0.1, 0.15) is 27.9 Å². The SMILES string of the molecule is O=C(NO)c1ccc2c(c1)CC1(CCN(c3ccccn3)C1=O)C2. The number of carbonyl (C=O) groups excluding carboxylic acids is 2. The second kappa shape index (κ2) is 5.42. The molecule has 1 aliphatic heterocycles. The molecule has 1 aromatic heterocycles. The fourth-order valence-electron chi connectivity index (χ4n) is 3.84. The minimum atomic E-state index is -0.536. The fraction of sp³-hybridized carbons (Fsp3) is 0.278. The lowest BCUT2D eigenvalue weighted by Gasteiger charge is -2.22. The molecule has 6 heteroatoms. The summed E-state index contributed by atoms with van der Waals surface area (Å²) in [4.78, 5) is 30.7. The molecule has 2 aliphatic rings. The molecule has 2 heterocycles. The number of anilines is 1. The van der Waals surface area contributed by atoms with Crippen molar-refractivity contribution in [3.8, 4) is 0 Å². The summed E-state index contributed by atoms with van der Waals surface area (Å²) in [5.74, 6) is 0.257. The first-order chi connectivity index (χ1) is 11.6. The van der Waals surface area contributed by atoms with Crippen molar-refractivity contribution in [1.82, 2.24) is 10.5 Å². The van der Waals surface area contributed by atoms with E-state index < -0.39 is 11.3 Å². The molecule has 1 spiro atoms. The Morgan fingerprint density at radius 2 is 2.04 bits per heavy atom. The number of nitrogens with zero attached hydrogens (tertiary/aromatic N) is 2. The van der Waals surface area contributed by atoms with E-state index in [1.54, 1.807) is 28.7 Å². The summed E-state index contributed by atoms with van der Waals surface area (Å²) in [6.07, 6.45) is 3.78. The van der Waals surface area contributed by atoms with E-state index in [9.17, 15) is 9.59 Å². The number of rotatable bonds is 2. The van der Waals surface area contributed by atoms with E-state index in [-0.39, 0.29) is 5.91 Å². The van der Waals surface area contributed by atoms with Crippen molar-refractivity contribution in [3.05, 3.63) is 59.3 Å². The minimum Gasteiger partial charge on any atom is -0.296 e. The van der Waals surface area contributed by atoms with Crippen LogP contribution in [0.25, 0.3) is 0 Å². The first-order valence-electron chi connectivity index (χ1n) is 7.92. The third-order valence-electron chi connectivity index (χ3n) is 5.07. The molecule has 1 atom stereocenters. The van der Waals surface area contributed by atoms with Gasteiger partial charge in [-0.05, 0) is 54.7 Å². The molecule has 1 aliphatic carbocycles. The first kappa shape index (κ1) is 14.8. The lowest BCUT2D eigenvalue weighted by molar-refractivity contribution is -0.125. The molecule has 1 fully saturated rings. The molecule has 24 heavy (non-hydrogen) atoms. The van der Waals surface area contributed by atoms with Crippen molar-refractivity contribution < 1.29 is 14.8 Å². The molecule has 1 saturated heterocycles. The minimum absolute atomic E-state index is 0.102. The summed E-state index contributed by atoms with van der Waals surface area (Å²) < 4.78 is 0. The Kier molecular flexibility index (Phi) is 3.35. The zero-order chi connectivity index (χ0) is 16.7. The van der Waals surface area contributed by atoms with E-state index in [2.05, 4.69) is 4.98 Å². The van der Waals surface area contributed by atoms with Crippen molar-refractivity contribution in [3.63, 3.8) is 0 Å². The summed E-state index contributed by atoms with van der Waals surface area (Å²) in [5.41, 5.74) is 3.72. The lowest BCUT2D eigenvalue weighted by Crippen LogP contribution is -2.35. The molecule has 1 aromatic carbocycles. The van der Waals surface area contributed by atoms with Gasteiger partial charge >= 0.3 is 0 Å². The first-order valence-corrected chi connectivity index (χ1v) is 7.92. The number of hydrogen-bond acceptors (Lipinski definition) is 4. The molecule has 6 nitrogen and oxygen atoms in total. The predicted molar refractivity (Wildman–Crippen MR) is 86.7 cm³/mol. The largest absolute Gasteiger partial charge is 0.296 e. The average molecular weight is 323 g/mol. The molecule has 2 amide bonds. The van der Waals surface area contributed by atoms with Gasteiger partial charge in [0.15, 0.2) is 0 Å². The van der Waals surface area contributed by atoms with Gasteiger partial charge in [-0.3, -0.25) is 19.7 Å². The van der Waals surface area contributed by atoms with Crippen molar-refractivity contribution >= 4 is 17.6 Å². The Morgan fingerprint density at radius 1 is 1.21 bits per heavy atom. The van der Waals surface area contributed by atoms with Crippen molar-refractivity contribution in [1.29, 1.82) is 0 Å². The predicted octanol–water partition coefficient (Wildman–Crippen LogP) is 1.72. The number of nitrogens with one attached hydrogen (secondary N) is 1. The number of aromatic nitrogens is 1. The quantitative estimate of drug-likeness (QED) is 0.651. The number of carbonyl (C=O) groups is 2. The maximum Gasteiger partial charge on any atom is 0.274 e. The van der Waals surface area contributed by atoms with Gasteiger partial charge < -0.3 is 0 Å². The Hall–Kier alpha value is -2.73. The molecule has 1 unspecified atom stereocenters. The van der Waals surface area contributed by atoms with Crippen LogP contribution in [0.5, 0.6) is 0 Å². The van der Waals surface area contributed by atoms with Gasteiger partial charge in [-0.25, -0.2) is 10.5 Å². The van der Waals surface area contributed by atoms with Crippen LogP contribution in [0.3, 0.4) is 0 Å². The van der Waals surface area contributed by atoms with Crippen LogP contribution in [0.2, 0.25) is 0 Å². The summed E-state index contributed by atoms with van der Waals surface area (Å²) >= 11 is 0. The van der Waals surface area contributed by atoms with Gasteiger partial charge in [0.1, 0.15) is 5.82 Å². The second-order valence-electron chi connectivity index (χ2n) is 6.45. The van der Waals surface area contributed by atoms with Crippen molar-refractivity contribution in [2.24, 2.45) is 5.41 Å². The lowest BCUT2D eigenvalue weighted by atomic mass is 9.83. The van der Waals surface area contributed by atoms with Crippen LogP contribution < -0.4 is 10.4 Å². The smallest absolute Gasteiger partial charge is 0.274 e. The topological polar surface area (TPSA) is 82.5 Å². The van der Waals surface area contributed by atoms with Crippen LogP contribution in [0.15, 0.2) is 42.6 Å². The third kappa shape index (κ3) is 2.18. The number of fused-ring (bicyclic) bond motifs is 1. The Bertz CT molecular complexity index is 822. The highest BCUT2D eigenvalue weighted by Crippen LogP contribution is 2.45. The summed E-state index contributed by atoms with van der Waals surface area (Å²) in [6.45, 7) is 0.661. The number of hydrogen-bond donors (Lipinski definition) is 2. The molecule has 122 valence electrons. The highest BCUT2D eigenvalue weighted by atomic mass is 16.5. The Balaban J connectivity index is 1.62. The fourth-order valence-corrected chi connectivity index (χ4v) is 3.84. The monoisotopic (exact) mass is 323 g/mol. The van der Waals surface area contributed by atoms with Gasteiger partial charge in [-0.1, -0.05) is 12.1 Å². The molecule has 2 N–H and O–H groups in total. The van der Waals surface area contributed by atoms with Gasteiger partial charge in [0.25, 0.3) is 5.91 Å². The molecule has 4 rings (SSSR count). The Labute approximate surface area is 139 Å². The van der Waals surface area contributed by atoms with E-state index >= 15 is 0 Å². The van der Waals surface area contributed by atoms with E-state index in [4.69, 9.17) is 5.21 Å². The van der Waals surface area contributed by atoms with E-state index in [0.29, 0.717) is 30.8 Å². The highest BCUT2D eigenvalue weighted by molar-refractivity contribution is 6.00. The maximum absolute atomic E-state index is 13.0. The number of benzene rings is 1. The maximum atomic E-state index is 13.0. The molecular weight excluding hydrogens is 306 g/mol. The van der Waals surface area contributed by atoms with Crippen LogP contribution in [-0.2, 0) is 17.6 Å². The molecular formula is C18H17N3O3. The van der Waals surface area contributed by atoms with Crippen molar-refractivity contribution in [2.75, 3.05) is 11.4 Å². The van der Waals surface area contributed by atoms with Crippen LogP contribution >= 0.6 is 0 Å². The van der Waals surface area contributed by atoms with E-state index in [1.165, 1.54) is 0 Å². The molecule has 0 radical (unpaired) electrons. The average Bonchev–Trinajstić information content (AvgIpc) is 3.15. The summed E-state index contributed by atoms with van der Waals surface area (Å²) in [6, 6.07) is 10.9. The van der Waals surface area contributed by atoms with Crippen LogP contribution in [-0.4, -0.2) is 28.6 Å². The number of hydroxylamine groups is 1. The summed E-state index contributed by atoms with van der Waals surface area (Å²) in [5, 5.41) is 8.78. The van der Waals surface area contributed by atoms with E-state index in [1.807, 2.05) is 24.3 Å². The number of pyridine rings is 1. The zero-order valence-corrected chi connectivity index (χ0v) is 13.0. The summed E-state index contributed by atoms with van der Waals surface area (Å²) in [7, 11) is 0. The Morgan fingerprint density at radius 3 is 2.79 bits per heavy atom. The molecule has 0 bridgehead atoms. The standard InChI is InChI=1S/C18H17N3O3/c22-16(20-24)12-4-5-13-10-18(11-14(13)9-12)6-8-21(17(18)23)15-3-1-2-7-19-15/h1-5,7,9,24H,6,8,10-11H2,(H,20,22). The third-order valence-corrected chi connectivity index (χ3v) is 5.07.